The summed E-state index contributed by atoms with van der Waals surface area (Å²) in [7, 11) is 0. The average Bonchev–Trinajstić information content (AvgIpc) is 3.19. The van der Waals surface area contributed by atoms with E-state index in [1.54, 1.807) is 11.8 Å². The van der Waals surface area contributed by atoms with Crippen molar-refractivity contribution >= 4 is 17.7 Å². The first kappa shape index (κ1) is 15.8. The molecule has 1 saturated heterocycles. The van der Waals surface area contributed by atoms with E-state index in [1.165, 1.54) is 10.5 Å². The molecule has 1 amide bonds. The van der Waals surface area contributed by atoms with Gasteiger partial charge in [0.15, 0.2) is 0 Å². The molecule has 4 nitrogen and oxygen atoms in total. The van der Waals surface area contributed by atoms with E-state index in [2.05, 4.69) is 17.4 Å². The lowest BCUT2D eigenvalue weighted by Crippen LogP contribution is -2.33. The second kappa shape index (κ2) is 7.99. The van der Waals surface area contributed by atoms with Crippen LogP contribution >= 0.6 is 11.8 Å². The highest BCUT2D eigenvalue weighted by Gasteiger charge is 2.27. The molecular weight excluding hydrogens is 298 g/mol. The Labute approximate surface area is 135 Å². The van der Waals surface area contributed by atoms with Crippen LogP contribution < -0.4 is 5.32 Å². The molecule has 5 heteroatoms. The van der Waals surface area contributed by atoms with E-state index >= 15 is 0 Å². The largest absolute Gasteiger partial charge is 0.379 e. The minimum atomic E-state index is 0.0187. The summed E-state index contributed by atoms with van der Waals surface area (Å²) >= 11 is 1.67. The molecular formula is C17H23NO3S. The maximum absolute atomic E-state index is 12.2. The van der Waals surface area contributed by atoms with Gasteiger partial charge >= 0.3 is 0 Å². The Bertz CT molecular complexity index is 477. The van der Waals surface area contributed by atoms with Crippen molar-refractivity contribution in [3.05, 3.63) is 29.8 Å². The smallest absolute Gasteiger partial charge is 0.233 e. The lowest BCUT2D eigenvalue weighted by atomic mass is 10.1. The van der Waals surface area contributed by atoms with Gasteiger partial charge in [-0.25, -0.2) is 0 Å². The number of nitrogens with one attached hydrogen (secondary N) is 1. The summed E-state index contributed by atoms with van der Waals surface area (Å²) in [5.41, 5.74) is 1.28. The zero-order valence-corrected chi connectivity index (χ0v) is 13.6. The minimum Gasteiger partial charge on any atom is -0.379 e. The molecule has 22 heavy (non-hydrogen) atoms. The number of amides is 1. The van der Waals surface area contributed by atoms with Crippen LogP contribution in [0.4, 0.5) is 0 Å². The van der Waals surface area contributed by atoms with E-state index in [-0.39, 0.29) is 17.3 Å². The maximum Gasteiger partial charge on any atom is 0.233 e. The van der Waals surface area contributed by atoms with Crippen molar-refractivity contribution in [3.63, 3.8) is 0 Å². The lowest BCUT2D eigenvalue weighted by molar-refractivity contribution is -0.120. The monoisotopic (exact) mass is 321 g/mol. The summed E-state index contributed by atoms with van der Waals surface area (Å²) in [5.74, 6) is 0.139. The van der Waals surface area contributed by atoms with E-state index in [4.69, 9.17) is 9.47 Å². The molecule has 3 rings (SSSR count). The first-order valence-corrected chi connectivity index (χ1v) is 8.92. The highest BCUT2D eigenvalue weighted by molar-refractivity contribution is 8.01. The van der Waals surface area contributed by atoms with E-state index in [1.807, 2.05) is 12.1 Å². The Morgan fingerprint density at radius 2 is 2.32 bits per heavy atom. The molecule has 0 aliphatic carbocycles. The number of rotatable bonds is 7. The van der Waals surface area contributed by atoms with E-state index < -0.39 is 0 Å². The number of carbonyl (C=O) groups excluding carboxylic acids is 1. The molecule has 0 spiro atoms. The number of benzene rings is 1. The van der Waals surface area contributed by atoms with Gasteiger partial charge in [0.1, 0.15) is 0 Å². The third kappa shape index (κ3) is 4.24. The summed E-state index contributed by atoms with van der Waals surface area (Å²) in [6.45, 7) is 2.91. The number of hydrogen-bond donors (Lipinski definition) is 1. The van der Waals surface area contributed by atoms with Gasteiger partial charge < -0.3 is 14.8 Å². The van der Waals surface area contributed by atoms with Gasteiger partial charge in [0.25, 0.3) is 0 Å². The van der Waals surface area contributed by atoms with Gasteiger partial charge in [-0.2, -0.15) is 0 Å². The molecule has 2 unspecified atom stereocenters. The van der Waals surface area contributed by atoms with Crippen molar-refractivity contribution in [2.24, 2.45) is 0 Å². The molecule has 1 aromatic rings. The molecule has 2 aliphatic rings. The second-order valence-electron chi connectivity index (χ2n) is 5.77. The van der Waals surface area contributed by atoms with Crippen LogP contribution in [0.25, 0.3) is 0 Å². The fraction of sp³-hybridized carbons (Fsp3) is 0.588. The second-order valence-corrected chi connectivity index (χ2v) is 7.02. The number of fused-ring (bicyclic) bond motifs is 1. The van der Waals surface area contributed by atoms with Crippen molar-refractivity contribution in [2.45, 2.75) is 41.9 Å². The number of hydrogen-bond acceptors (Lipinski definition) is 4. The molecule has 120 valence electrons. The first-order valence-electron chi connectivity index (χ1n) is 8.04. The van der Waals surface area contributed by atoms with Crippen LogP contribution in [-0.4, -0.2) is 43.6 Å². The van der Waals surface area contributed by atoms with Crippen molar-refractivity contribution in [2.75, 3.05) is 26.4 Å². The summed E-state index contributed by atoms with van der Waals surface area (Å²) in [6.07, 6.45) is 4.22. The molecule has 0 saturated carbocycles. The molecule has 2 heterocycles. The zero-order chi connectivity index (χ0) is 15.2. The van der Waals surface area contributed by atoms with Crippen LogP contribution in [0.2, 0.25) is 0 Å². The predicted octanol–water partition coefficient (Wildman–Crippen LogP) is 2.41. The molecule has 2 atom stereocenters. The highest BCUT2D eigenvalue weighted by Crippen LogP contribution is 2.36. The quantitative estimate of drug-likeness (QED) is 0.784. The Hall–Kier alpha value is -1.04. The third-order valence-corrected chi connectivity index (χ3v) is 5.35. The molecule has 1 aromatic carbocycles. The van der Waals surface area contributed by atoms with Crippen LogP contribution in [-0.2, 0) is 20.7 Å². The highest BCUT2D eigenvalue weighted by atomic mass is 32.2. The van der Waals surface area contributed by atoms with Gasteiger partial charge in [-0.3, -0.25) is 4.79 Å². The lowest BCUT2D eigenvalue weighted by Gasteiger charge is -2.11. The number of ether oxygens (including phenoxy) is 2. The number of carbonyl (C=O) groups is 1. The molecule has 1 fully saturated rings. The van der Waals surface area contributed by atoms with Gasteiger partial charge in [-0.15, -0.1) is 11.8 Å². The van der Waals surface area contributed by atoms with E-state index in [9.17, 15) is 4.79 Å². The van der Waals surface area contributed by atoms with Crippen molar-refractivity contribution in [1.82, 2.24) is 5.32 Å². The normalized spacial score (nSPS) is 23.5. The average molecular weight is 321 g/mol. The molecule has 0 bridgehead atoms. The molecule has 0 radical (unpaired) electrons. The molecule has 0 aromatic heterocycles. The Kier molecular flexibility index (Phi) is 5.76. The summed E-state index contributed by atoms with van der Waals surface area (Å²) in [5, 5.41) is 3.04. The van der Waals surface area contributed by atoms with Gasteiger partial charge in [-0.1, -0.05) is 18.2 Å². The van der Waals surface area contributed by atoms with Gasteiger partial charge in [-0.05, 0) is 37.3 Å². The summed E-state index contributed by atoms with van der Waals surface area (Å²) in [6, 6.07) is 8.25. The molecule has 2 aliphatic heterocycles. The fourth-order valence-corrected chi connectivity index (χ4v) is 4.04. The minimum absolute atomic E-state index is 0.0187. The summed E-state index contributed by atoms with van der Waals surface area (Å²) in [4.78, 5) is 13.4. The Morgan fingerprint density at radius 3 is 3.14 bits per heavy atom. The van der Waals surface area contributed by atoms with Crippen LogP contribution in [0.5, 0.6) is 0 Å². The van der Waals surface area contributed by atoms with Crippen LogP contribution in [0.3, 0.4) is 0 Å². The van der Waals surface area contributed by atoms with Crippen molar-refractivity contribution < 1.29 is 14.3 Å². The van der Waals surface area contributed by atoms with E-state index in [0.717, 1.165) is 32.3 Å². The standard InChI is InChI=1S/C17H23NO3S/c19-17(16-11-13-5-1-2-7-15(13)22-16)18-8-4-9-20-12-14-6-3-10-21-14/h1-2,5,7,14,16H,3-4,6,8-12H2,(H,18,19). The first-order chi connectivity index (χ1) is 10.8. The topological polar surface area (TPSA) is 47.6 Å². The van der Waals surface area contributed by atoms with Gasteiger partial charge in [0.05, 0.1) is 18.0 Å². The predicted molar refractivity (Wildman–Crippen MR) is 87.2 cm³/mol. The van der Waals surface area contributed by atoms with Gasteiger partial charge in [0.2, 0.25) is 5.91 Å². The zero-order valence-electron chi connectivity index (χ0n) is 12.8. The Morgan fingerprint density at radius 1 is 1.41 bits per heavy atom. The number of thioether (sulfide) groups is 1. The van der Waals surface area contributed by atoms with E-state index in [0.29, 0.717) is 19.8 Å². The Balaban J connectivity index is 1.27. The maximum atomic E-state index is 12.2. The van der Waals surface area contributed by atoms with Crippen molar-refractivity contribution in [1.29, 1.82) is 0 Å². The van der Waals surface area contributed by atoms with Crippen LogP contribution in [0, 0.1) is 0 Å². The fourth-order valence-electron chi connectivity index (χ4n) is 2.82. The molecule has 1 N–H and O–H groups in total. The third-order valence-electron chi connectivity index (χ3n) is 4.03. The van der Waals surface area contributed by atoms with Crippen molar-refractivity contribution in [3.8, 4) is 0 Å². The van der Waals surface area contributed by atoms with Crippen LogP contribution in [0.1, 0.15) is 24.8 Å². The van der Waals surface area contributed by atoms with Crippen LogP contribution in [0.15, 0.2) is 29.2 Å². The van der Waals surface area contributed by atoms with Gasteiger partial charge in [0, 0.05) is 24.7 Å². The summed E-state index contributed by atoms with van der Waals surface area (Å²) < 4.78 is 11.1. The SMILES string of the molecule is O=C(NCCCOCC1CCCO1)C1Cc2ccccc2S1.